The summed E-state index contributed by atoms with van der Waals surface area (Å²) < 4.78 is 0. The number of carbonyl (C=O) groups is 2. The average Bonchev–Trinajstić information content (AvgIpc) is 3.33. The summed E-state index contributed by atoms with van der Waals surface area (Å²) in [7, 11) is 0. The van der Waals surface area contributed by atoms with Crippen LogP contribution in [0.2, 0.25) is 0 Å². The fraction of sp³-hybridized carbons (Fsp3) is 0.227. The van der Waals surface area contributed by atoms with E-state index in [-0.39, 0.29) is 11.8 Å². The zero-order chi connectivity index (χ0) is 20.1. The van der Waals surface area contributed by atoms with Gasteiger partial charge < -0.3 is 4.90 Å². The molecule has 144 valence electrons. The highest BCUT2D eigenvalue weighted by atomic mass is 32.1. The van der Waals surface area contributed by atoms with E-state index in [2.05, 4.69) is 10.3 Å². The molecule has 2 heterocycles. The van der Waals surface area contributed by atoms with Crippen LogP contribution in [0.3, 0.4) is 0 Å². The van der Waals surface area contributed by atoms with E-state index in [1.807, 2.05) is 69.3 Å². The van der Waals surface area contributed by atoms with Crippen molar-refractivity contribution in [2.75, 3.05) is 5.32 Å². The quantitative estimate of drug-likeness (QED) is 0.692. The number of benzene rings is 2. The third-order valence-corrected chi connectivity index (χ3v) is 5.12. The summed E-state index contributed by atoms with van der Waals surface area (Å²) in [6.07, 6.45) is 1.64. The highest BCUT2D eigenvalue weighted by Gasteiger charge is 2.37. The number of hydrogen-bond acceptors (Lipinski definition) is 4. The molecule has 2 amide bonds. The summed E-state index contributed by atoms with van der Waals surface area (Å²) in [5.74, 6) is -0.379. The van der Waals surface area contributed by atoms with Crippen molar-refractivity contribution < 1.29 is 9.59 Å². The minimum absolute atomic E-state index is 0.119. The highest BCUT2D eigenvalue weighted by Crippen LogP contribution is 2.33. The van der Waals surface area contributed by atoms with E-state index in [4.69, 9.17) is 0 Å². The number of nitrogens with zero attached hydrogens (tertiary/aromatic N) is 2. The maximum atomic E-state index is 13.0. The molecule has 1 aromatic heterocycles. The fourth-order valence-corrected chi connectivity index (χ4v) is 3.74. The second-order valence-electron chi connectivity index (χ2n) is 6.23. The van der Waals surface area contributed by atoms with Gasteiger partial charge in [0.25, 0.3) is 11.8 Å². The van der Waals surface area contributed by atoms with Gasteiger partial charge in [0, 0.05) is 23.7 Å². The Labute approximate surface area is 169 Å². The van der Waals surface area contributed by atoms with Crippen LogP contribution in [0.5, 0.6) is 0 Å². The van der Waals surface area contributed by atoms with Gasteiger partial charge in [0.15, 0.2) is 5.13 Å². The lowest BCUT2D eigenvalue weighted by Gasteiger charge is -2.27. The number of aromatic nitrogens is 1. The van der Waals surface area contributed by atoms with E-state index in [1.165, 1.54) is 11.3 Å². The average molecular weight is 394 g/mol. The fourth-order valence-electron chi connectivity index (χ4n) is 3.21. The van der Waals surface area contributed by atoms with Gasteiger partial charge in [-0.05, 0) is 24.1 Å². The van der Waals surface area contributed by atoms with Gasteiger partial charge in [-0.2, -0.15) is 0 Å². The molecule has 1 unspecified atom stereocenters. The van der Waals surface area contributed by atoms with Crippen molar-refractivity contribution in [2.45, 2.75) is 33.4 Å². The molecule has 3 aromatic rings. The lowest BCUT2D eigenvalue weighted by molar-refractivity contribution is -0.120. The first-order valence-electron chi connectivity index (χ1n) is 9.29. The van der Waals surface area contributed by atoms with Crippen molar-refractivity contribution in [2.24, 2.45) is 0 Å². The molecule has 1 atom stereocenters. The third-order valence-electron chi connectivity index (χ3n) is 4.44. The predicted octanol–water partition coefficient (Wildman–Crippen LogP) is 4.81. The molecule has 0 saturated heterocycles. The Bertz CT molecular complexity index is 955. The van der Waals surface area contributed by atoms with Crippen LogP contribution in [-0.2, 0) is 11.3 Å². The molecule has 1 aliphatic heterocycles. The van der Waals surface area contributed by atoms with Crippen LogP contribution in [0.4, 0.5) is 5.13 Å². The minimum atomic E-state index is -0.708. The summed E-state index contributed by atoms with van der Waals surface area (Å²) in [6, 6.07) is 14.5. The standard InChI is InChI=1S/C20H17N3O2S.C2H6/c1-13-7-8-15-12-23(19(25)16(15)11-13)17(14-5-3-2-4-6-14)18(24)22-20-21-9-10-26-20;1-2/h2-11,17H,12H2,1H3,(H,21,22,24);1-2H3. The molecule has 0 spiro atoms. The lowest BCUT2D eigenvalue weighted by Crippen LogP contribution is -2.37. The molecule has 5 nitrogen and oxygen atoms in total. The van der Waals surface area contributed by atoms with Crippen molar-refractivity contribution in [1.82, 2.24) is 9.88 Å². The van der Waals surface area contributed by atoms with Crippen molar-refractivity contribution in [3.05, 3.63) is 82.4 Å². The van der Waals surface area contributed by atoms with Crippen molar-refractivity contribution in [3.8, 4) is 0 Å². The second-order valence-corrected chi connectivity index (χ2v) is 7.13. The number of amides is 2. The summed E-state index contributed by atoms with van der Waals surface area (Å²) in [6.45, 7) is 6.37. The Balaban J connectivity index is 0.00000109. The number of rotatable bonds is 4. The summed E-state index contributed by atoms with van der Waals surface area (Å²) in [4.78, 5) is 31.8. The molecule has 0 fully saturated rings. The van der Waals surface area contributed by atoms with E-state index in [9.17, 15) is 9.59 Å². The summed E-state index contributed by atoms with van der Waals surface area (Å²) in [5, 5.41) is 5.15. The topological polar surface area (TPSA) is 62.3 Å². The molecule has 28 heavy (non-hydrogen) atoms. The van der Waals surface area contributed by atoms with Gasteiger partial charge in [-0.15, -0.1) is 11.3 Å². The number of fused-ring (bicyclic) bond motifs is 1. The third kappa shape index (κ3) is 3.97. The molecule has 1 N–H and O–H groups in total. The minimum Gasteiger partial charge on any atom is -0.318 e. The first-order chi connectivity index (χ1) is 13.6. The van der Waals surface area contributed by atoms with Crippen LogP contribution in [0.1, 0.15) is 46.9 Å². The van der Waals surface area contributed by atoms with Crippen molar-refractivity contribution in [3.63, 3.8) is 0 Å². The van der Waals surface area contributed by atoms with Crippen molar-refractivity contribution in [1.29, 1.82) is 0 Å². The molecule has 4 rings (SSSR count). The molecule has 0 aliphatic carbocycles. The maximum Gasteiger partial charge on any atom is 0.255 e. The molecule has 0 saturated carbocycles. The van der Waals surface area contributed by atoms with Crippen LogP contribution >= 0.6 is 11.3 Å². The van der Waals surface area contributed by atoms with Gasteiger partial charge >= 0.3 is 0 Å². The number of hydrogen-bond donors (Lipinski definition) is 1. The Morgan fingerprint density at radius 3 is 2.61 bits per heavy atom. The Morgan fingerprint density at radius 2 is 1.93 bits per heavy atom. The van der Waals surface area contributed by atoms with E-state index in [0.717, 1.165) is 16.7 Å². The molecule has 1 aliphatic rings. The number of aryl methyl sites for hydroxylation is 1. The van der Waals surface area contributed by atoms with Crippen LogP contribution < -0.4 is 5.32 Å². The molecule has 2 aromatic carbocycles. The van der Waals surface area contributed by atoms with Crippen LogP contribution in [-0.4, -0.2) is 21.7 Å². The van der Waals surface area contributed by atoms with Gasteiger partial charge in [0.1, 0.15) is 6.04 Å². The number of anilines is 1. The number of nitrogens with one attached hydrogen (secondary N) is 1. The van der Waals surface area contributed by atoms with E-state index in [1.54, 1.807) is 16.5 Å². The highest BCUT2D eigenvalue weighted by molar-refractivity contribution is 7.13. The largest absolute Gasteiger partial charge is 0.318 e. The molecule has 6 heteroatoms. The van der Waals surface area contributed by atoms with Crippen LogP contribution in [0, 0.1) is 6.92 Å². The first-order valence-corrected chi connectivity index (χ1v) is 10.2. The zero-order valence-corrected chi connectivity index (χ0v) is 17.0. The monoisotopic (exact) mass is 393 g/mol. The SMILES string of the molecule is CC.Cc1ccc2c(c1)C(=O)N(C(C(=O)Nc1nccs1)c1ccccc1)C2. The summed E-state index contributed by atoms with van der Waals surface area (Å²) >= 11 is 1.35. The van der Waals surface area contributed by atoms with Gasteiger partial charge in [0.05, 0.1) is 0 Å². The Hall–Kier alpha value is -2.99. The predicted molar refractivity (Wildman–Crippen MR) is 112 cm³/mol. The van der Waals surface area contributed by atoms with Crippen LogP contribution in [0.25, 0.3) is 0 Å². The zero-order valence-electron chi connectivity index (χ0n) is 16.2. The smallest absolute Gasteiger partial charge is 0.255 e. The molecule has 0 radical (unpaired) electrons. The van der Waals surface area contributed by atoms with Crippen LogP contribution in [0.15, 0.2) is 60.1 Å². The van der Waals surface area contributed by atoms with Gasteiger partial charge in [-0.3, -0.25) is 14.9 Å². The lowest BCUT2D eigenvalue weighted by atomic mass is 10.0. The van der Waals surface area contributed by atoms with Gasteiger partial charge in [-0.25, -0.2) is 4.98 Å². The van der Waals surface area contributed by atoms with E-state index < -0.39 is 6.04 Å². The Morgan fingerprint density at radius 1 is 1.18 bits per heavy atom. The normalized spacial score (nSPS) is 13.4. The maximum absolute atomic E-state index is 13.0. The van der Waals surface area contributed by atoms with E-state index in [0.29, 0.717) is 17.2 Å². The molecular weight excluding hydrogens is 370 g/mol. The van der Waals surface area contributed by atoms with Gasteiger partial charge in [-0.1, -0.05) is 61.9 Å². The van der Waals surface area contributed by atoms with E-state index >= 15 is 0 Å². The Kier molecular flexibility index (Phi) is 6.21. The first kappa shape index (κ1) is 19.8. The molecule has 0 bridgehead atoms. The summed E-state index contributed by atoms with van der Waals surface area (Å²) in [5.41, 5.74) is 3.43. The number of thiazole rings is 1. The second kappa shape index (κ2) is 8.80. The van der Waals surface area contributed by atoms with Crippen molar-refractivity contribution >= 4 is 28.3 Å². The molecular formula is C22H23N3O2S. The number of carbonyl (C=O) groups excluding carboxylic acids is 2. The van der Waals surface area contributed by atoms with Gasteiger partial charge in [0.2, 0.25) is 0 Å².